The van der Waals surface area contributed by atoms with Crippen molar-refractivity contribution >= 4 is 27.3 Å². The zero-order chi connectivity index (χ0) is 10.8. The van der Waals surface area contributed by atoms with E-state index in [-0.39, 0.29) is 0 Å². The van der Waals surface area contributed by atoms with Crippen LogP contribution in [0.25, 0.3) is 0 Å². The Kier molecular flexibility index (Phi) is 4.14. The van der Waals surface area contributed by atoms with E-state index in [0.717, 1.165) is 11.8 Å². The number of hydrogen-bond donors (Lipinski definition) is 0. The Morgan fingerprint density at radius 1 is 1.57 bits per heavy atom. The highest BCUT2D eigenvalue weighted by molar-refractivity contribution is 9.09. The predicted molar refractivity (Wildman–Crippen MR) is 67.3 cm³/mol. The van der Waals surface area contributed by atoms with E-state index >= 15 is 0 Å². The van der Waals surface area contributed by atoms with E-state index in [9.17, 15) is 0 Å². The van der Waals surface area contributed by atoms with Crippen molar-refractivity contribution in [2.24, 2.45) is 11.3 Å². The minimum atomic E-state index is 0.346. The summed E-state index contributed by atoms with van der Waals surface area (Å²) in [6.07, 6.45) is 3.14. The van der Waals surface area contributed by atoms with E-state index in [1.165, 1.54) is 9.88 Å². The van der Waals surface area contributed by atoms with Crippen LogP contribution in [0.2, 0.25) is 0 Å². The van der Waals surface area contributed by atoms with Crippen LogP contribution in [0, 0.1) is 18.3 Å². The molecule has 0 spiro atoms. The Hall–Kier alpha value is 0.110. The third-order valence-corrected chi connectivity index (χ3v) is 5.14. The Morgan fingerprint density at radius 3 is 2.57 bits per heavy atom. The van der Waals surface area contributed by atoms with E-state index in [1.807, 2.05) is 17.5 Å². The summed E-state index contributed by atoms with van der Waals surface area (Å²) in [6, 6.07) is 0. The van der Waals surface area contributed by atoms with E-state index in [1.54, 1.807) is 0 Å². The van der Waals surface area contributed by atoms with Crippen molar-refractivity contribution in [3.63, 3.8) is 0 Å². The van der Waals surface area contributed by atoms with E-state index in [2.05, 4.69) is 48.6 Å². The lowest BCUT2D eigenvalue weighted by atomic mass is 9.78. The molecule has 1 unspecified atom stereocenters. The number of rotatable bonds is 4. The van der Waals surface area contributed by atoms with Gasteiger partial charge in [0.05, 0.1) is 5.01 Å². The quantitative estimate of drug-likeness (QED) is 0.756. The van der Waals surface area contributed by atoms with Crippen molar-refractivity contribution in [2.75, 3.05) is 5.33 Å². The van der Waals surface area contributed by atoms with Crippen molar-refractivity contribution in [3.05, 3.63) is 16.1 Å². The number of alkyl halides is 1. The van der Waals surface area contributed by atoms with E-state index in [0.29, 0.717) is 11.3 Å². The average Bonchev–Trinajstić information content (AvgIpc) is 2.50. The summed E-state index contributed by atoms with van der Waals surface area (Å²) in [5.74, 6) is 0.685. The standard InChI is InChI=1S/C11H18BrNS/c1-8(2)11(4,7-12)5-10-6-13-9(3)14-10/h6,8H,5,7H2,1-4H3. The van der Waals surface area contributed by atoms with E-state index < -0.39 is 0 Å². The molecule has 0 aliphatic rings. The third kappa shape index (κ3) is 2.80. The molecule has 1 nitrogen and oxygen atoms in total. The smallest absolute Gasteiger partial charge is 0.0896 e. The van der Waals surface area contributed by atoms with Gasteiger partial charge in [-0.3, -0.25) is 0 Å². The molecule has 80 valence electrons. The van der Waals surface area contributed by atoms with Gasteiger partial charge in [-0.05, 0) is 24.7 Å². The maximum Gasteiger partial charge on any atom is 0.0896 e. The van der Waals surface area contributed by atoms with Gasteiger partial charge >= 0.3 is 0 Å². The van der Waals surface area contributed by atoms with Gasteiger partial charge in [-0.25, -0.2) is 4.98 Å². The summed E-state index contributed by atoms with van der Waals surface area (Å²) in [5.41, 5.74) is 0.346. The van der Waals surface area contributed by atoms with Gasteiger partial charge in [0.15, 0.2) is 0 Å². The van der Waals surface area contributed by atoms with E-state index in [4.69, 9.17) is 0 Å². The molecule has 0 aliphatic carbocycles. The first-order chi connectivity index (χ1) is 6.48. The van der Waals surface area contributed by atoms with Crippen LogP contribution in [0.15, 0.2) is 6.20 Å². The monoisotopic (exact) mass is 275 g/mol. The second-order valence-corrected chi connectivity index (χ2v) is 6.34. The lowest BCUT2D eigenvalue weighted by molar-refractivity contribution is 0.259. The molecule has 0 aromatic carbocycles. The average molecular weight is 276 g/mol. The topological polar surface area (TPSA) is 12.9 Å². The van der Waals surface area contributed by atoms with Crippen LogP contribution < -0.4 is 0 Å². The highest BCUT2D eigenvalue weighted by atomic mass is 79.9. The van der Waals surface area contributed by atoms with Crippen LogP contribution in [0.4, 0.5) is 0 Å². The minimum absolute atomic E-state index is 0.346. The fourth-order valence-electron chi connectivity index (χ4n) is 1.29. The zero-order valence-electron chi connectivity index (χ0n) is 9.30. The van der Waals surface area contributed by atoms with Gasteiger partial charge in [0.1, 0.15) is 0 Å². The fraction of sp³-hybridized carbons (Fsp3) is 0.727. The Bertz CT molecular complexity index is 295. The highest BCUT2D eigenvalue weighted by Gasteiger charge is 2.28. The second-order valence-electron chi connectivity index (χ2n) is 4.46. The number of thiazole rings is 1. The zero-order valence-corrected chi connectivity index (χ0v) is 11.7. The summed E-state index contributed by atoms with van der Waals surface area (Å²) < 4.78 is 0. The molecule has 1 rings (SSSR count). The predicted octanol–water partition coefficient (Wildman–Crippen LogP) is 4.05. The molecule has 1 aromatic rings. The lowest BCUT2D eigenvalue weighted by Gasteiger charge is -2.31. The van der Waals surface area contributed by atoms with Crippen molar-refractivity contribution < 1.29 is 0 Å². The molecule has 0 bridgehead atoms. The van der Waals surface area contributed by atoms with Crippen LogP contribution in [-0.4, -0.2) is 10.3 Å². The van der Waals surface area contributed by atoms with Gasteiger partial charge in [-0.1, -0.05) is 36.7 Å². The molecule has 0 radical (unpaired) electrons. The number of aryl methyl sites for hydroxylation is 1. The summed E-state index contributed by atoms with van der Waals surface area (Å²) in [5, 5.41) is 2.22. The Labute approximate surface area is 99.1 Å². The first kappa shape index (κ1) is 12.2. The van der Waals surface area contributed by atoms with Crippen LogP contribution in [0.1, 0.15) is 30.7 Å². The number of hydrogen-bond acceptors (Lipinski definition) is 2. The largest absolute Gasteiger partial charge is 0.250 e. The molecule has 0 fully saturated rings. The van der Waals surface area contributed by atoms with Crippen LogP contribution >= 0.6 is 27.3 Å². The number of nitrogens with zero attached hydrogens (tertiary/aromatic N) is 1. The molecule has 0 N–H and O–H groups in total. The summed E-state index contributed by atoms with van der Waals surface area (Å²) >= 11 is 5.44. The Morgan fingerprint density at radius 2 is 2.21 bits per heavy atom. The lowest BCUT2D eigenvalue weighted by Crippen LogP contribution is -2.27. The number of aromatic nitrogens is 1. The van der Waals surface area contributed by atoms with Crippen LogP contribution in [-0.2, 0) is 6.42 Å². The first-order valence-electron chi connectivity index (χ1n) is 4.95. The molecule has 1 aromatic heterocycles. The molecular weight excluding hydrogens is 258 g/mol. The van der Waals surface area contributed by atoms with Gasteiger partial charge in [0.25, 0.3) is 0 Å². The highest BCUT2D eigenvalue weighted by Crippen LogP contribution is 2.34. The Balaban J connectivity index is 2.75. The molecule has 14 heavy (non-hydrogen) atoms. The van der Waals surface area contributed by atoms with Gasteiger partial charge in [-0.2, -0.15) is 0 Å². The van der Waals surface area contributed by atoms with Crippen LogP contribution in [0.3, 0.4) is 0 Å². The molecular formula is C11H18BrNS. The van der Waals surface area contributed by atoms with Gasteiger partial charge < -0.3 is 0 Å². The molecule has 0 amide bonds. The van der Waals surface area contributed by atoms with Crippen molar-refractivity contribution in [2.45, 2.75) is 34.1 Å². The normalized spacial score (nSPS) is 15.9. The summed E-state index contributed by atoms with van der Waals surface area (Å²) in [7, 11) is 0. The van der Waals surface area contributed by atoms with Crippen molar-refractivity contribution in [1.29, 1.82) is 0 Å². The molecule has 0 saturated carbocycles. The molecule has 1 heterocycles. The molecule has 3 heteroatoms. The molecule has 0 saturated heterocycles. The first-order valence-corrected chi connectivity index (χ1v) is 6.89. The van der Waals surface area contributed by atoms with Crippen molar-refractivity contribution in [1.82, 2.24) is 4.98 Å². The minimum Gasteiger partial charge on any atom is -0.250 e. The molecule has 0 aliphatic heterocycles. The van der Waals surface area contributed by atoms with Crippen molar-refractivity contribution in [3.8, 4) is 0 Å². The maximum atomic E-state index is 4.30. The van der Waals surface area contributed by atoms with Gasteiger partial charge in [0.2, 0.25) is 0 Å². The van der Waals surface area contributed by atoms with Gasteiger partial charge in [-0.15, -0.1) is 11.3 Å². The fourth-order valence-corrected chi connectivity index (χ4v) is 3.13. The summed E-state index contributed by atoms with van der Waals surface area (Å²) in [6.45, 7) is 8.97. The third-order valence-electron chi connectivity index (χ3n) is 2.95. The maximum absolute atomic E-state index is 4.30. The number of halogens is 1. The SMILES string of the molecule is Cc1ncc(CC(C)(CBr)C(C)C)s1. The van der Waals surface area contributed by atoms with Gasteiger partial charge in [0, 0.05) is 16.4 Å². The summed E-state index contributed by atoms with van der Waals surface area (Å²) in [4.78, 5) is 5.70. The second kappa shape index (κ2) is 4.75. The van der Waals surface area contributed by atoms with Crippen LogP contribution in [0.5, 0.6) is 0 Å². The molecule has 1 atom stereocenters.